The average molecular weight is 323 g/mol. The van der Waals surface area contributed by atoms with Crippen LogP contribution in [0.15, 0.2) is 60.7 Å². The van der Waals surface area contributed by atoms with Crippen molar-refractivity contribution in [3.8, 4) is 0 Å². The quantitative estimate of drug-likeness (QED) is 0.763. The van der Waals surface area contributed by atoms with Gasteiger partial charge in [-0.25, -0.2) is 0 Å². The second-order valence-corrected chi connectivity index (χ2v) is 7.01. The summed E-state index contributed by atoms with van der Waals surface area (Å²) in [6, 6.07) is 21.4. The summed E-state index contributed by atoms with van der Waals surface area (Å²) in [5, 5.41) is 0. The molecule has 1 fully saturated rings. The lowest BCUT2D eigenvalue weighted by molar-refractivity contribution is 0.0121. The molecule has 2 aromatic carbocycles. The first-order valence-electron chi connectivity index (χ1n) is 9.23. The molecular weight excluding hydrogens is 294 g/mol. The monoisotopic (exact) mass is 323 g/mol. The van der Waals surface area contributed by atoms with E-state index in [-0.39, 0.29) is 5.41 Å². The number of hydrogen-bond acceptors (Lipinski definition) is 2. The fourth-order valence-corrected chi connectivity index (χ4v) is 3.88. The molecule has 0 atom stereocenters. The predicted molar refractivity (Wildman–Crippen MR) is 100 cm³/mol. The van der Waals surface area contributed by atoms with Gasteiger partial charge in [0.05, 0.1) is 6.10 Å². The number of nitrogens with two attached hydrogens (primary N) is 1. The van der Waals surface area contributed by atoms with Crippen molar-refractivity contribution >= 4 is 0 Å². The minimum Gasteiger partial charge on any atom is -0.378 e. The third-order valence-electron chi connectivity index (χ3n) is 5.47. The zero-order valence-electron chi connectivity index (χ0n) is 14.5. The lowest BCUT2D eigenvalue weighted by Crippen LogP contribution is -2.40. The maximum atomic E-state index is 6.16. The van der Waals surface area contributed by atoms with Gasteiger partial charge in [0.1, 0.15) is 0 Å². The first kappa shape index (κ1) is 17.2. The molecule has 0 unspecified atom stereocenters. The number of ether oxygens (including phenoxy) is 1. The minimum absolute atomic E-state index is 0.158. The molecule has 1 aliphatic carbocycles. The SMILES string of the molecule is NC[C@]1(c2ccccc2)CC[C@H](OCCCc2ccccc2)CC1. The molecule has 2 aromatic rings. The molecule has 2 heteroatoms. The van der Waals surface area contributed by atoms with E-state index in [1.807, 2.05) is 0 Å². The van der Waals surface area contributed by atoms with E-state index >= 15 is 0 Å². The Labute approximate surface area is 146 Å². The number of rotatable bonds is 7. The molecular formula is C22H29NO. The van der Waals surface area contributed by atoms with Crippen molar-refractivity contribution < 1.29 is 4.74 Å². The van der Waals surface area contributed by atoms with Crippen LogP contribution in [0.4, 0.5) is 0 Å². The van der Waals surface area contributed by atoms with Crippen molar-refractivity contribution in [1.29, 1.82) is 0 Å². The van der Waals surface area contributed by atoms with E-state index in [1.165, 1.54) is 11.1 Å². The molecule has 0 heterocycles. The summed E-state index contributed by atoms with van der Waals surface area (Å²) in [5.74, 6) is 0. The second kappa shape index (κ2) is 8.46. The lowest BCUT2D eigenvalue weighted by Gasteiger charge is -2.40. The molecule has 0 spiro atoms. The van der Waals surface area contributed by atoms with Gasteiger partial charge in [-0.05, 0) is 49.7 Å². The Morgan fingerprint density at radius 3 is 2.17 bits per heavy atom. The molecule has 0 saturated heterocycles. The summed E-state index contributed by atoms with van der Waals surface area (Å²) in [5.41, 5.74) is 9.12. The lowest BCUT2D eigenvalue weighted by atomic mass is 9.69. The third kappa shape index (κ3) is 4.25. The highest BCUT2D eigenvalue weighted by Crippen LogP contribution is 2.39. The fraction of sp³-hybridized carbons (Fsp3) is 0.455. The van der Waals surface area contributed by atoms with E-state index in [9.17, 15) is 0 Å². The molecule has 0 aliphatic heterocycles. The highest BCUT2D eigenvalue weighted by atomic mass is 16.5. The molecule has 0 bridgehead atoms. The topological polar surface area (TPSA) is 35.2 Å². The Balaban J connectivity index is 1.43. The molecule has 24 heavy (non-hydrogen) atoms. The molecule has 0 radical (unpaired) electrons. The Bertz CT molecular complexity index is 588. The predicted octanol–water partition coefficient (Wildman–Crippen LogP) is 4.48. The smallest absolute Gasteiger partial charge is 0.0575 e. The first-order chi connectivity index (χ1) is 11.8. The van der Waals surface area contributed by atoms with Crippen LogP contribution in [0.1, 0.15) is 43.2 Å². The zero-order chi connectivity index (χ0) is 16.7. The minimum atomic E-state index is 0.158. The van der Waals surface area contributed by atoms with E-state index in [1.54, 1.807) is 0 Å². The highest BCUT2D eigenvalue weighted by molar-refractivity contribution is 5.26. The zero-order valence-corrected chi connectivity index (χ0v) is 14.5. The van der Waals surface area contributed by atoms with E-state index in [0.717, 1.165) is 51.7 Å². The van der Waals surface area contributed by atoms with Crippen molar-refractivity contribution in [1.82, 2.24) is 0 Å². The summed E-state index contributed by atoms with van der Waals surface area (Å²) < 4.78 is 6.14. The van der Waals surface area contributed by atoms with Crippen LogP contribution in [0.2, 0.25) is 0 Å². The van der Waals surface area contributed by atoms with Crippen molar-refractivity contribution in [2.75, 3.05) is 13.2 Å². The maximum absolute atomic E-state index is 6.16. The van der Waals surface area contributed by atoms with Crippen LogP contribution >= 0.6 is 0 Å². The van der Waals surface area contributed by atoms with Gasteiger partial charge in [0.25, 0.3) is 0 Å². The summed E-state index contributed by atoms with van der Waals surface area (Å²) in [6.07, 6.45) is 7.12. The number of benzene rings is 2. The van der Waals surface area contributed by atoms with Gasteiger partial charge < -0.3 is 10.5 Å². The fourth-order valence-electron chi connectivity index (χ4n) is 3.88. The van der Waals surface area contributed by atoms with Crippen molar-refractivity contribution in [2.24, 2.45) is 5.73 Å². The number of hydrogen-bond donors (Lipinski definition) is 1. The summed E-state index contributed by atoms with van der Waals surface area (Å²) >= 11 is 0. The van der Waals surface area contributed by atoms with Crippen LogP contribution in [0.3, 0.4) is 0 Å². The maximum Gasteiger partial charge on any atom is 0.0575 e. The van der Waals surface area contributed by atoms with Crippen molar-refractivity contribution in [3.63, 3.8) is 0 Å². The van der Waals surface area contributed by atoms with Crippen molar-refractivity contribution in [2.45, 2.75) is 50.0 Å². The van der Waals surface area contributed by atoms with Gasteiger partial charge in [0.15, 0.2) is 0 Å². The van der Waals surface area contributed by atoms with Gasteiger partial charge in [0.2, 0.25) is 0 Å². The van der Waals surface area contributed by atoms with Crippen LogP contribution in [0.25, 0.3) is 0 Å². The van der Waals surface area contributed by atoms with Gasteiger partial charge >= 0.3 is 0 Å². The van der Waals surface area contributed by atoms with Gasteiger partial charge in [-0.1, -0.05) is 60.7 Å². The Hall–Kier alpha value is -1.64. The molecule has 1 aliphatic rings. The molecule has 3 rings (SSSR count). The van der Waals surface area contributed by atoms with Crippen LogP contribution in [0.5, 0.6) is 0 Å². The highest BCUT2D eigenvalue weighted by Gasteiger charge is 2.35. The van der Waals surface area contributed by atoms with Crippen LogP contribution in [-0.2, 0) is 16.6 Å². The normalized spacial score (nSPS) is 24.0. The third-order valence-corrected chi connectivity index (χ3v) is 5.47. The Morgan fingerprint density at radius 1 is 0.917 bits per heavy atom. The second-order valence-electron chi connectivity index (χ2n) is 7.01. The summed E-state index contributed by atoms with van der Waals surface area (Å²) in [7, 11) is 0. The Kier molecular flexibility index (Phi) is 6.06. The van der Waals surface area contributed by atoms with Crippen LogP contribution in [-0.4, -0.2) is 19.3 Å². The van der Waals surface area contributed by atoms with E-state index in [2.05, 4.69) is 60.7 Å². The number of aryl methyl sites for hydroxylation is 1. The largest absolute Gasteiger partial charge is 0.378 e. The average Bonchev–Trinajstić information content (AvgIpc) is 2.67. The van der Waals surface area contributed by atoms with Gasteiger partial charge in [0, 0.05) is 18.6 Å². The van der Waals surface area contributed by atoms with E-state index in [0.29, 0.717) is 6.10 Å². The molecule has 128 valence electrons. The Morgan fingerprint density at radius 2 is 1.54 bits per heavy atom. The van der Waals surface area contributed by atoms with E-state index in [4.69, 9.17) is 10.5 Å². The molecule has 0 aromatic heterocycles. The van der Waals surface area contributed by atoms with Crippen LogP contribution < -0.4 is 5.73 Å². The summed E-state index contributed by atoms with van der Waals surface area (Å²) in [4.78, 5) is 0. The van der Waals surface area contributed by atoms with E-state index < -0.39 is 0 Å². The van der Waals surface area contributed by atoms with Crippen LogP contribution in [0, 0.1) is 0 Å². The first-order valence-corrected chi connectivity index (χ1v) is 9.23. The van der Waals surface area contributed by atoms with Gasteiger partial charge in [-0.3, -0.25) is 0 Å². The molecule has 2 nitrogen and oxygen atoms in total. The van der Waals surface area contributed by atoms with Crippen molar-refractivity contribution in [3.05, 3.63) is 71.8 Å². The van der Waals surface area contributed by atoms with Gasteiger partial charge in [-0.15, -0.1) is 0 Å². The molecule has 1 saturated carbocycles. The molecule has 0 amide bonds. The summed E-state index contributed by atoms with van der Waals surface area (Å²) in [6.45, 7) is 1.60. The van der Waals surface area contributed by atoms with Gasteiger partial charge in [-0.2, -0.15) is 0 Å². The standard InChI is InChI=1S/C22H29NO/c23-18-22(20-11-5-2-6-12-20)15-13-21(14-16-22)24-17-7-10-19-8-3-1-4-9-19/h1-6,8-9,11-12,21H,7,10,13-18,23H2/t21-,22-. The molecule has 2 N–H and O–H groups in total.